The molecule has 0 bridgehead atoms. The predicted molar refractivity (Wildman–Crippen MR) is 157 cm³/mol. The molecule has 2 rings (SSSR count). The van der Waals surface area contributed by atoms with Gasteiger partial charge in [0.1, 0.15) is 35.5 Å². The molecule has 10 nitrogen and oxygen atoms in total. The zero-order valence-corrected chi connectivity index (χ0v) is 24.9. The van der Waals surface area contributed by atoms with Gasteiger partial charge in [-0.25, -0.2) is 9.59 Å². The molecule has 0 radical (unpaired) electrons. The molecule has 0 aliphatic heterocycles. The molecule has 2 amide bonds. The van der Waals surface area contributed by atoms with Crippen molar-refractivity contribution >= 4 is 30.3 Å². The van der Waals surface area contributed by atoms with Gasteiger partial charge in [-0.2, -0.15) is 0 Å². The highest BCUT2D eigenvalue weighted by Gasteiger charge is 2.26. The first-order valence-corrected chi connectivity index (χ1v) is 13.7. The standard InChI is InChI=1S/C31H42N2O8/c1-8-37-25-18-23(19-26(20-25)38-9-2)11-10-22-12-14-24(15-13-22)40-30(36)39-17-16-32-28(34)27(21(3)4)33-29(35)41-31(5,6)7/h10-15,18-21,27H,8-9,16-17H2,1-7H3,(H,32,34)(H,33,35)/b11-10+. The van der Waals surface area contributed by atoms with E-state index in [0.29, 0.717) is 19.0 Å². The predicted octanol–water partition coefficient (Wildman–Crippen LogP) is 5.84. The Morgan fingerprint density at radius 3 is 1.98 bits per heavy atom. The fraction of sp³-hybridized carbons (Fsp3) is 0.452. The number of nitrogens with one attached hydrogen (secondary N) is 2. The number of amides is 2. The summed E-state index contributed by atoms with van der Waals surface area (Å²) < 4.78 is 26.7. The maximum absolute atomic E-state index is 12.5. The molecule has 224 valence electrons. The number of alkyl carbamates (subject to hydrolysis) is 1. The Kier molecular flexibility index (Phi) is 13.0. The molecule has 2 aromatic rings. The Bertz CT molecular complexity index is 1150. The van der Waals surface area contributed by atoms with Crippen molar-refractivity contribution < 1.29 is 38.1 Å². The quantitative estimate of drug-likeness (QED) is 0.133. The maximum Gasteiger partial charge on any atom is 0.513 e. The van der Waals surface area contributed by atoms with Crippen molar-refractivity contribution in [1.82, 2.24) is 10.6 Å². The molecule has 1 unspecified atom stereocenters. The molecule has 0 aliphatic rings. The van der Waals surface area contributed by atoms with Crippen LogP contribution in [0.25, 0.3) is 12.2 Å². The van der Waals surface area contributed by atoms with E-state index in [1.807, 2.05) is 44.2 Å². The summed E-state index contributed by atoms with van der Waals surface area (Å²) in [5.74, 6) is 1.19. The van der Waals surface area contributed by atoms with Crippen molar-refractivity contribution in [3.05, 3.63) is 53.6 Å². The van der Waals surface area contributed by atoms with Gasteiger partial charge in [-0.15, -0.1) is 0 Å². The molecule has 0 saturated carbocycles. The van der Waals surface area contributed by atoms with Crippen LogP contribution in [0.3, 0.4) is 0 Å². The molecule has 2 aromatic carbocycles. The van der Waals surface area contributed by atoms with Crippen LogP contribution in [0.4, 0.5) is 9.59 Å². The minimum absolute atomic E-state index is 0.0480. The summed E-state index contributed by atoms with van der Waals surface area (Å²) in [4.78, 5) is 36.6. The minimum atomic E-state index is -0.897. The highest BCUT2D eigenvalue weighted by Crippen LogP contribution is 2.25. The van der Waals surface area contributed by atoms with Crippen molar-refractivity contribution in [3.8, 4) is 17.2 Å². The monoisotopic (exact) mass is 570 g/mol. The van der Waals surface area contributed by atoms with E-state index in [2.05, 4.69) is 10.6 Å². The van der Waals surface area contributed by atoms with Crippen molar-refractivity contribution in [2.75, 3.05) is 26.4 Å². The van der Waals surface area contributed by atoms with Crippen molar-refractivity contribution in [1.29, 1.82) is 0 Å². The normalized spacial score (nSPS) is 12.0. The van der Waals surface area contributed by atoms with Crippen LogP contribution in [0.2, 0.25) is 0 Å². The van der Waals surface area contributed by atoms with Gasteiger partial charge in [0.25, 0.3) is 0 Å². The molecule has 0 aliphatic carbocycles. The van der Waals surface area contributed by atoms with Crippen molar-refractivity contribution in [2.24, 2.45) is 5.92 Å². The Hall–Kier alpha value is -4.21. The van der Waals surface area contributed by atoms with Gasteiger partial charge in [0, 0.05) is 6.07 Å². The molecular weight excluding hydrogens is 528 g/mol. The van der Waals surface area contributed by atoms with Crippen molar-refractivity contribution in [3.63, 3.8) is 0 Å². The van der Waals surface area contributed by atoms with Crippen LogP contribution in [-0.4, -0.2) is 56.2 Å². The average molecular weight is 571 g/mol. The van der Waals surface area contributed by atoms with Crippen LogP contribution in [0, 0.1) is 5.92 Å². The summed E-state index contributed by atoms with van der Waals surface area (Å²) in [6, 6.07) is 11.8. The Morgan fingerprint density at radius 2 is 1.44 bits per heavy atom. The Balaban J connectivity index is 1.82. The first-order valence-electron chi connectivity index (χ1n) is 13.7. The van der Waals surface area contributed by atoms with Gasteiger partial charge >= 0.3 is 12.2 Å². The number of ether oxygens (including phenoxy) is 5. The first-order chi connectivity index (χ1) is 19.4. The highest BCUT2D eigenvalue weighted by atomic mass is 16.7. The Labute approximate surface area is 242 Å². The third kappa shape index (κ3) is 12.7. The second kappa shape index (κ2) is 16.2. The highest BCUT2D eigenvalue weighted by molar-refractivity contribution is 5.86. The van der Waals surface area contributed by atoms with Gasteiger partial charge in [-0.1, -0.05) is 38.1 Å². The number of carbonyl (C=O) groups excluding carboxylic acids is 3. The van der Waals surface area contributed by atoms with E-state index in [0.717, 1.165) is 22.6 Å². The van der Waals surface area contributed by atoms with Gasteiger partial charge in [-0.3, -0.25) is 4.79 Å². The number of hydrogen-bond donors (Lipinski definition) is 2. The maximum atomic E-state index is 12.5. The SMILES string of the molecule is CCOc1cc(/C=C/c2ccc(OC(=O)OCCNC(=O)C(NC(=O)OC(C)(C)C)C(C)C)cc2)cc(OCC)c1. The van der Waals surface area contributed by atoms with Crippen LogP contribution < -0.4 is 24.8 Å². The number of benzene rings is 2. The topological polar surface area (TPSA) is 121 Å². The minimum Gasteiger partial charge on any atom is -0.494 e. The lowest BCUT2D eigenvalue weighted by atomic mass is 10.0. The lowest BCUT2D eigenvalue weighted by molar-refractivity contribution is -0.124. The van der Waals surface area contributed by atoms with E-state index in [1.165, 1.54) is 0 Å². The molecule has 0 heterocycles. The van der Waals surface area contributed by atoms with E-state index in [-0.39, 0.29) is 19.1 Å². The van der Waals surface area contributed by atoms with Gasteiger partial charge in [0.15, 0.2) is 0 Å². The molecule has 0 fully saturated rings. The molecular formula is C31H42N2O8. The van der Waals surface area contributed by atoms with Crippen molar-refractivity contribution in [2.45, 2.75) is 60.1 Å². The van der Waals surface area contributed by atoms with E-state index >= 15 is 0 Å². The zero-order valence-electron chi connectivity index (χ0n) is 24.9. The van der Waals surface area contributed by atoms with E-state index in [4.69, 9.17) is 23.7 Å². The first kappa shape index (κ1) is 33.0. The molecule has 1 atom stereocenters. The fourth-order valence-corrected chi connectivity index (χ4v) is 3.54. The summed E-state index contributed by atoms with van der Waals surface area (Å²) in [5.41, 5.74) is 1.14. The van der Waals surface area contributed by atoms with Gasteiger partial charge < -0.3 is 34.3 Å². The number of hydrogen-bond acceptors (Lipinski definition) is 8. The summed E-state index contributed by atoms with van der Waals surface area (Å²) >= 11 is 0. The third-order valence-electron chi connectivity index (χ3n) is 5.32. The smallest absolute Gasteiger partial charge is 0.494 e. The zero-order chi connectivity index (χ0) is 30.4. The molecule has 0 saturated heterocycles. The van der Waals surface area contributed by atoms with Crippen LogP contribution >= 0.6 is 0 Å². The fourth-order valence-electron chi connectivity index (χ4n) is 3.54. The summed E-state index contributed by atoms with van der Waals surface area (Å²) in [6.07, 6.45) is 2.29. The van der Waals surface area contributed by atoms with Gasteiger partial charge in [-0.05, 0) is 75.9 Å². The molecule has 0 aromatic heterocycles. The lowest BCUT2D eigenvalue weighted by Crippen LogP contribution is -2.51. The van der Waals surface area contributed by atoms with E-state index in [9.17, 15) is 14.4 Å². The second-order valence-corrected chi connectivity index (χ2v) is 10.4. The summed E-state index contributed by atoms with van der Waals surface area (Å²) in [7, 11) is 0. The third-order valence-corrected chi connectivity index (χ3v) is 5.32. The molecule has 10 heteroatoms. The van der Waals surface area contributed by atoms with Crippen LogP contribution in [0.15, 0.2) is 42.5 Å². The van der Waals surface area contributed by atoms with Gasteiger partial charge in [0.2, 0.25) is 5.91 Å². The largest absolute Gasteiger partial charge is 0.513 e. The Morgan fingerprint density at radius 1 is 0.854 bits per heavy atom. The second-order valence-electron chi connectivity index (χ2n) is 10.4. The molecule has 41 heavy (non-hydrogen) atoms. The average Bonchev–Trinajstić information content (AvgIpc) is 2.88. The number of rotatable bonds is 13. The number of carbonyl (C=O) groups is 3. The van der Waals surface area contributed by atoms with Crippen LogP contribution in [0.5, 0.6) is 17.2 Å². The van der Waals surface area contributed by atoms with E-state index in [1.54, 1.807) is 58.9 Å². The summed E-state index contributed by atoms with van der Waals surface area (Å²) in [5, 5.41) is 5.21. The van der Waals surface area contributed by atoms with Gasteiger partial charge in [0.05, 0.1) is 19.8 Å². The molecule has 0 spiro atoms. The van der Waals surface area contributed by atoms with E-state index < -0.39 is 29.8 Å². The van der Waals surface area contributed by atoms with Crippen LogP contribution in [-0.2, 0) is 14.3 Å². The lowest BCUT2D eigenvalue weighted by Gasteiger charge is -2.25. The molecule has 2 N–H and O–H groups in total. The van der Waals surface area contributed by atoms with Crippen LogP contribution in [0.1, 0.15) is 59.6 Å². The summed E-state index contributed by atoms with van der Waals surface area (Å²) in [6.45, 7) is 13.7.